The van der Waals surface area contributed by atoms with Gasteiger partial charge in [0.2, 0.25) is 5.91 Å². The summed E-state index contributed by atoms with van der Waals surface area (Å²) in [7, 11) is 0. The van der Waals surface area contributed by atoms with Crippen molar-refractivity contribution in [1.29, 1.82) is 0 Å². The second-order valence-corrected chi connectivity index (χ2v) is 5.84. The van der Waals surface area contributed by atoms with Crippen molar-refractivity contribution >= 4 is 29.2 Å². The minimum Gasteiger partial charge on any atom is -0.334 e. The van der Waals surface area contributed by atoms with E-state index in [2.05, 4.69) is 16.0 Å². The zero-order chi connectivity index (χ0) is 20.0. The molecule has 2 rings (SSSR count). The summed E-state index contributed by atoms with van der Waals surface area (Å²) < 4.78 is 51.1. The predicted octanol–water partition coefficient (Wildman–Crippen LogP) is 3.94. The molecule has 0 unspecified atom stereocenters. The first-order valence-electron chi connectivity index (χ1n) is 7.58. The minimum atomic E-state index is -4.88. The molecular weight excluding hydrogens is 390 g/mol. The zero-order valence-electron chi connectivity index (χ0n) is 13.7. The van der Waals surface area contributed by atoms with E-state index in [1.165, 1.54) is 0 Å². The standard InChI is InChI=1S/C17H14ClF4N3O2/c18-11-3-1-10(2-4-11)8-23-16(27)24-9-15(26)25-12-5-6-14(19)13(7-12)17(20,21)22/h1-7H,8-9H2,(H,25,26)(H2,23,24,27). The third-order valence-electron chi connectivity index (χ3n) is 3.33. The summed E-state index contributed by atoms with van der Waals surface area (Å²) in [5.74, 6) is -2.21. The van der Waals surface area contributed by atoms with Crippen LogP contribution in [-0.4, -0.2) is 18.5 Å². The maximum Gasteiger partial charge on any atom is 0.419 e. The fourth-order valence-corrected chi connectivity index (χ4v) is 2.16. The molecule has 0 radical (unpaired) electrons. The lowest BCUT2D eigenvalue weighted by Gasteiger charge is -2.11. The van der Waals surface area contributed by atoms with Gasteiger partial charge in [0.05, 0.1) is 12.1 Å². The summed E-state index contributed by atoms with van der Waals surface area (Å²) in [6.45, 7) is -0.289. The van der Waals surface area contributed by atoms with Gasteiger partial charge in [-0.15, -0.1) is 0 Å². The lowest BCUT2D eigenvalue weighted by atomic mass is 10.2. The largest absolute Gasteiger partial charge is 0.419 e. The number of nitrogens with one attached hydrogen (secondary N) is 3. The number of urea groups is 1. The van der Waals surface area contributed by atoms with Crippen LogP contribution in [0, 0.1) is 5.82 Å². The van der Waals surface area contributed by atoms with Gasteiger partial charge in [0, 0.05) is 17.3 Å². The molecule has 0 saturated carbocycles. The van der Waals surface area contributed by atoms with Gasteiger partial charge < -0.3 is 16.0 Å². The topological polar surface area (TPSA) is 70.2 Å². The molecular formula is C17H14ClF4N3O2. The van der Waals surface area contributed by atoms with Gasteiger partial charge in [0.25, 0.3) is 0 Å². The Morgan fingerprint density at radius 1 is 1.00 bits per heavy atom. The van der Waals surface area contributed by atoms with Crippen LogP contribution in [-0.2, 0) is 17.5 Å². The van der Waals surface area contributed by atoms with E-state index in [0.29, 0.717) is 17.2 Å². The predicted molar refractivity (Wildman–Crippen MR) is 91.7 cm³/mol. The summed E-state index contributed by atoms with van der Waals surface area (Å²) in [6.07, 6.45) is -4.88. The number of halogens is 5. The molecule has 144 valence electrons. The lowest BCUT2D eigenvalue weighted by Crippen LogP contribution is -2.39. The smallest absolute Gasteiger partial charge is 0.334 e. The van der Waals surface area contributed by atoms with Crippen LogP contribution < -0.4 is 16.0 Å². The SMILES string of the molecule is O=C(CNC(=O)NCc1ccc(Cl)cc1)Nc1ccc(F)c(C(F)(F)F)c1. The van der Waals surface area contributed by atoms with Crippen LogP contribution in [0.1, 0.15) is 11.1 Å². The average molecular weight is 404 g/mol. The fraction of sp³-hybridized carbons (Fsp3) is 0.176. The molecule has 0 heterocycles. The molecule has 3 N–H and O–H groups in total. The van der Waals surface area contributed by atoms with Gasteiger partial charge in [-0.2, -0.15) is 13.2 Å². The Labute approximate surface area is 156 Å². The van der Waals surface area contributed by atoms with Crippen molar-refractivity contribution < 1.29 is 27.2 Å². The third-order valence-corrected chi connectivity index (χ3v) is 3.58. The molecule has 0 spiro atoms. The van der Waals surface area contributed by atoms with Crippen molar-refractivity contribution in [3.05, 3.63) is 64.4 Å². The molecule has 0 aliphatic carbocycles. The summed E-state index contributed by atoms with van der Waals surface area (Å²) in [5, 5.41) is 7.46. The van der Waals surface area contributed by atoms with Crippen LogP contribution in [0.25, 0.3) is 0 Å². The third kappa shape index (κ3) is 6.45. The molecule has 0 aliphatic heterocycles. The first-order chi connectivity index (χ1) is 12.6. The molecule has 2 aromatic rings. The number of rotatable bonds is 5. The van der Waals surface area contributed by atoms with Gasteiger partial charge in [-0.3, -0.25) is 4.79 Å². The maximum atomic E-state index is 13.2. The summed E-state index contributed by atoms with van der Waals surface area (Å²) in [5.41, 5.74) is -0.948. The Kier molecular flexibility index (Phi) is 6.62. The van der Waals surface area contributed by atoms with E-state index in [-0.39, 0.29) is 12.2 Å². The number of carbonyl (C=O) groups is 2. The van der Waals surface area contributed by atoms with Crippen molar-refractivity contribution in [3.63, 3.8) is 0 Å². The Hall–Kier alpha value is -2.81. The van der Waals surface area contributed by atoms with Gasteiger partial charge in [0.15, 0.2) is 0 Å². The molecule has 0 aliphatic rings. The lowest BCUT2D eigenvalue weighted by molar-refractivity contribution is -0.140. The fourth-order valence-electron chi connectivity index (χ4n) is 2.03. The van der Waals surface area contributed by atoms with Crippen molar-refractivity contribution in [2.45, 2.75) is 12.7 Å². The number of carbonyl (C=O) groups excluding carboxylic acids is 2. The van der Waals surface area contributed by atoms with E-state index < -0.39 is 36.0 Å². The van der Waals surface area contributed by atoms with Gasteiger partial charge in [-0.25, -0.2) is 9.18 Å². The molecule has 10 heteroatoms. The molecule has 0 atom stereocenters. The highest BCUT2D eigenvalue weighted by molar-refractivity contribution is 6.30. The van der Waals surface area contributed by atoms with Crippen LogP contribution in [0.3, 0.4) is 0 Å². The number of hydrogen-bond donors (Lipinski definition) is 3. The quantitative estimate of drug-likeness (QED) is 0.662. The highest BCUT2D eigenvalue weighted by Gasteiger charge is 2.34. The van der Waals surface area contributed by atoms with Crippen LogP contribution in [0.4, 0.5) is 28.0 Å². The summed E-state index contributed by atoms with van der Waals surface area (Å²) >= 11 is 5.74. The van der Waals surface area contributed by atoms with E-state index in [1.54, 1.807) is 24.3 Å². The van der Waals surface area contributed by atoms with Crippen LogP contribution in [0.2, 0.25) is 5.02 Å². The Morgan fingerprint density at radius 2 is 1.67 bits per heavy atom. The van der Waals surface area contributed by atoms with Gasteiger partial charge in [-0.05, 0) is 35.9 Å². The Morgan fingerprint density at radius 3 is 2.30 bits per heavy atom. The average Bonchev–Trinajstić information content (AvgIpc) is 2.60. The second-order valence-electron chi connectivity index (χ2n) is 5.40. The maximum absolute atomic E-state index is 13.2. The molecule has 5 nitrogen and oxygen atoms in total. The second kappa shape index (κ2) is 8.72. The number of amides is 3. The first kappa shape index (κ1) is 20.5. The van der Waals surface area contributed by atoms with Crippen LogP contribution in [0.5, 0.6) is 0 Å². The van der Waals surface area contributed by atoms with Crippen molar-refractivity contribution in [2.24, 2.45) is 0 Å². The first-order valence-corrected chi connectivity index (χ1v) is 7.95. The van der Waals surface area contributed by atoms with Crippen molar-refractivity contribution in [2.75, 3.05) is 11.9 Å². The Balaban J connectivity index is 1.82. The normalized spacial score (nSPS) is 11.0. The zero-order valence-corrected chi connectivity index (χ0v) is 14.4. The number of hydrogen-bond acceptors (Lipinski definition) is 2. The van der Waals surface area contributed by atoms with E-state index in [0.717, 1.165) is 11.6 Å². The summed E-state index contributed by atoms with van der Waals surface area (Å²) in [6, 6.07) is 8.16. The molecule has 3 amide bonds. The van der Waals surface area contributed by atoms with Crippen LogP contribution >= 0.6 is 11.6 Å². The van der Waals surface area contributed by atoms with Crippen LogP contribution in [0.15, 0.2) is 42.5 Å². The van der Waals surface area contributed by atoms with E-state index in [4.69, 9.17) is 11.6 Å². The molecule has 0 saturated heterocycles. The van der Waals surface area contributed by atoms with Gasteiger partial charge >= 0.3 is 12.2 Å². The van der Waals surface area contributed by atoms with E-state index >= 15 is 0 Å². The number of benzene rings is 2. The van der Waals surface area contributed by atoms with Gasteiger partial charge in [0.1, 0.15) is 5.82 Å². The number of alkyl halides is 3. The Bertz CT molecular complexity index is 826. The van der Waals surface area contributed by atoms with E-state index in [1.807, 2.05) is 0 Å². The molecule has 0 fully saturated rings. The van der Waals surface area contributed by atoms with Crippen molar-refractivity contribution in [3.8, 4) is 0 Å². The van der Waals surface area contributed by atoms with E-state index in [9.17, 15) is 27.2 Å². The molecule has 27 heavy (non-hydrogen) atoms. The van der Waals surface area contributed by atoms with Crippen molar-refractivity contribution in [1.82, 2.24) is 10.6 Å². The van der Waals surface area contributed by atoms with Gasteiger partial charge in [-0.1, -0.05) is 23.7 Å². The highest BCUT2D eigenvalue weighted by Crippen LogP contribution is 2.32. The monoisotopic (exact) mass is 403 g/mol. The highest BCUT2D eigenvalue weighted by atomic mass is 35.5. The minimum absolute atomic E-state index is 0.192. The molecule has 0 aromatic heterocycles. The molecule has 2 aromatic carbocycles. The molecule has 0 bridgehead atoms. The summed E-state index contributed by atoms with van der Waals surface area (Å²) in [4.78, 5) is 23.4. The number of anilines is 1.